The first-order valence-corrected chi connectivity index (χ1v) is 22.4. The van der Waals surface area contributed by atoms with Gasteiger partial charge in [0.25, 0.3) is 11.8 Å². The second kappa shape index (κ2) is 22.5. The highest BCUT2D eigenvalue weighted by molar-refractivity contribution is 6.05. The molecular formula is C46H59N17O7. The molecule has 70 heavy (non-hydrogen) atoms. The molecule has 24 nitrogen and oxygen atoms in total. The summed E-state index contributed by atoms with van der Waals surface area (Å²) in [5, 5.41) is 14.6. The van der Waals surface area contributed by atoms with E-state index in [2.05, 4.69) is 30.8 Å². The van der Waals surface area contributed by atoms with E-state index in [1.54, 1.807) is 75.8 Å². The molecule has 6 rings (SSSR count). The number of nitrogens with two attached hydrogens (primary N) is 5. The third-order valence-electron chi connectivity index (χ3n) is 11.0. The monoisotopic (exact) mass is 961 g/mol. The number of rotatable bonds is 23. The molecule has 24 heteroatoms. The van der Waals surface area contributed by atoms with Gasteiger partial charge in [-0.3, -0.25) is 49.0 Å². The standard InChI is InChI=1S/C46H59N17O7/c1-7-62-33(20-26(3)57-62)41(66)55-45-53-31-22-28(39(48)64)24-35(69-6)37(31)60(45)17-9-10-18-61-38-32(54-46(61)56-42(67)34-21-27(4)58-63(34)8-2)23-29(40(49)65)25-36(38)70-19-12-11-16-59(5)43(68)30(47)14-13-15-52-44(50)51/h9-12,20-25,30H,7-8,13-19,47H2,1-6H3,(H2,48,64)(H2,49,65)(H4,50,51,52)(H,53,55,66)(H,54,56,67)/b10-9+,12-11+. The van der Waals surface area contributed by atoms with Crippen molar-refractivity contribution in [3.05, 3.63) is 94.6 Å². The first-order valence-electron chi connectivity index (χ1n) is 22.4. The van der Waals surface area contributed by atoms with Crippen LogP contribution in [0.2, 0.25) is 0 Å². The van der Waals surface area contributed by atoms with Gasteiger partial charge >= 0.3 is 0 Å². The largest absolute Gasteiger partial charge is 0.494 e. The lowest BCUT2D eigenvalue weighted by Crippen LogP contribution is -2.41. The van der Waals surface area contributed by atoms with Crippen LogP contribution in [0.5, 0.6) is 11.5 Å². The summed E-state index contributed by atoms with van der Waals surface area (Å²) >= 11 is 0. The zero-order valence-electron chi connectivity index (χ0n) is 39.9. The smallest absolute Gasteiger partial charge is 0.276 e. The van der Waals surface area contributed by atoms with Gasteiger partial charge in [0.05, 0.1) is 35.6 Å². The number of guanidine groups is 1. The van der Waals surface area contributed by atoms with Crippen LogP contribution < -0.4 is 48.8 Å². The van der Waals surface area contributed by atoms with Gasteiger partial charge in [0.15, 0.2) is 5.96 Å². The molecule has 1 atom stereocenters. The number of aryl methyl sites for hydroxylation is 4. The quantitative estimate of drug-likeness (QED) is 0.0210. The maximum absolute atomic E-state index is 13.9. The second-order valence-electron chi connectivity index (χ2n) is 16.1. The maximum atomic E-state index is 13.9. The Bertz CT molecular complexity index is 3020. The highest BCUT2D eigenvalue weighted by atomic mass is 16.5. The Morgan fingerprint density at radius 2 is 1.24 bits per heavy atom. The lowest BCUT2D eigenvalue weighted by atomic mass is 10.1. The number of aliphatic imine (C=N–C) groups is 1. The summed E-state index contributed by atoms with van der Waals surface area (Å²) < 4.78 is 18.5. The number of fused-ring (bicyclic) bond motifs is 2. The van der Waals surface area contributed by atoms with E-state index < -0.39 is 29.7 Å². The summed E-state index contributed by atoms with van der Waals surface area (Å²) in [6.07, 6.45) is 7.99. The Labute approximate surface area is 402 Å². The third-order valence-corrected chi connectivity index (χ3v) is 11.0. The highest BCUT2D eigenvalue weighted by Crippen LogP contribution is 2.33. The van der Waals surface area contributed by atoms with Gasteiger partial charge in [-0.25, -0.2) is 9.97 Å². The average molecular weight is 962 g/mol. The zero-order valence-corrected chi connectivity index (χ0v) is 39.9. The number of aromatic nitrogens is 8. The van der Waals surface area contributed by atoms with Gasteiger partial charge in [-0.15, -0.1) is 0 Å². The molecule has 370 valence electrons. The van der Waals surface area contributed by atoms with E-state index in [4.69, 9.17) is 43.1 Å². The summed E-state index contributed by atoms with van der Waals surface area (Å²) in [5.74, 6) is -1.88. The van der Waals surface area contributed by atoms with Crippen molar-refractivity contribution in [2.24, 2.45) is 33.7 Å². The minimum Gasteiger partial charge on any atom is -0.494 e. The molecule has 4 aromatic heterocycles. The van der Waals surface area contributed by atoms with Gasteiger partial charge in [-0.2, -0.15) is 10.2 Å². The van der Waals surface area contributed by atoms with E-state index in [0.29, 0.717) is 77.3 Å². The van der Waals surface area contributed by atoms with Crippen molar-refractivity contribution in [3.8, 4) is 11.5 Å². The molecule has 0 radical (unpaired) electrons. The van der Waals surface area contributed by atoms with E-state index in [1.807, 2.05) is 13.8 Å². The lowest BCUT2D eigenvalue weighted by molar-refractivity contribution is -0.130. The van der Waals surface area contributed by atoms with Crippen LogP contribution in [0.1, 0.15) is 79.8 Å². The van der Waals surface area contributed by atoms with Crippen molar-refractivity contribution in [1.29, 1.82) is 0 Å². The number of nitrogens with one attached hydrogen (secondary N) is 2. The molecule has 6 aromatic rings. The van der Waals surface area contributed by atoms with Crippen LogP contribution in [-0.4, -0.2) is 119 Å². The van der Waals surface area contributed by atoms with Crippen molar-refractivity contribution in [1.82, 2.24) is 43.6 Å². The van der Waals surface area contributed by atoms with Crippen molar-refractivity contribution in [2.45, 2.75) is 72.8 Å². The maximum Gasteiger partial charge on any atom is 0.276 e. The number of anilines is 2. The summed E-state index contributed by atoms with van der Waals surface area (Å²) in [4.78, 5) is 80.2. The summed E-state index contributed by atoms with van der Waals surface area (Å²) in [7, 11) is 3.08. The summed E-state index contributed by atoms with van der Waals surface area (Å²) in [6, 6.07) is 8.60. The minimum absolute atomic E-state index is 0.00169. The van der Waals surface area contributed by atoms with Gasteiger partial charge in [-0.1, -0.05) is 18.2 Å². The molecule has 0 saturated carbocycles. The fourth-order valence-corrected chi connectivity index (χ4v) is 7.64. The van der Waals surface area contributed by atoms with E-state index in [9.17, 15) is 24.0 Å². The van der Waals surface area contributed by atoms with Crippen LogP contribution in [0, 0.1) is 13.8 Å². The molecule has 2 aromatic carbocycles. The van der Waals surface area contributed by atoms with Crippen LogP contribution >= 0.6 is 0 Å². The molecule has 4 heterocycles. The Morgan fingerprint density at radius 1 is 0.743 bits per heavy atom. The molecule has 1 unspecified atom stereocenters. The fraction of sp³-hybridized carbons (Fsp3) is 0.348. The minimum atomic E-state index is -0.739. The summed E-state index contributed by atoms with van der Waals surface area (Å²) in [5.41, 5.74) is 32.0. The third kappa shape index (κ3) is 11.8. The number of amides is 5. The first-order chi connectivity index (χ1) is 33.4. The van der Waals surface area contributed by atoms with Crippen LogP contribution in [0.4, 0.5) is 11.9 Å². The van der Waals surface area contributed by atoms with E-state index in [0.717, 1.165) is 0 Å². The molecule has 0 fully saturated rings. The molecule has 0 aliphatic carbocycles. The Hall–Kier alpha value is -8.54. The van der Waals surface area contributed by atoms with Crippen molar-refractivity contribution >= 4 is 69.5 Å². The van der Waals surface area contributed by atoms with E-state index in [1.165, 1.54) is 36.3 Å². The number of carbonyl (C=O) groups excluding carboxylic acids is 5. The normalized spacial score (nSPS) is 11.9. The number of imidazole rings is 2. The Morgan fingerprint density at radius 3 is 1.71 bits per heavy atom. The molecule has 0 aliphatic heterocycles. The number of hydrogen-bond acceptors (Lipinski definition) is 13. The molecule has 12 N–H and O–H groups in total. The average Bonchev–Trinajstić information content (AvgIpc) is 4.09. The van der Waals surface area contributed by atoms with Crippen LogP contribution in [0.15, 0.2) is 65.7 Å². The van der Waals surface area contributed by atoms with Crippen LogP contribution in [0.25, 0.3) is 22.1 Å². The van der Waals surface area contributed by atoms with E-state index >= 15 is 0 Å². The predicted octanol–water partition coefficient (Wildman–Crippen LogP) is 2.18. The van der Waals surface area contributed by atoms with Crippen molar-refractivity contribution in [3.63, 3.8) is 0 Å². The summed E-state index contributed by atoms with van der Waals surface area (Å²) in [6.45, 7) is 8.99. The van der Waals surface area contributed by atoms with Crippen molar-refractivity contribution in [2.75, 3.05) is 44.5 Å². The van der Waals surface area contributed by atoms with Crippen molar-refractivity contribution < 1.29 is 33.4 Å². The number of methoxy groups -OCH3 is 1. The van der Waals surface area contributed by atoms with Gasteiger partial charge in [0, 0.05) is 57.4 Å². The van der Waals surface area contributed by atoms with E-state index in [-0.39, 0.29) is 72.6 Å². The van der Waals surface area contributed by atoms with Crippen LogP contribution in [0.3, 0.4) is 0 Å². The lowest BCUT2D eigenvalue weighted by Gasteiger charge is -2.19. The van der Waals surface area contributed by atoms with Gasteiger partial charge < -0.3 is 52.2 Å². The van der Waals surface area contributed by atoms with Gasteiger partial charge in [0.2, 0.25) is 29.6 Å². The van der Waals surface area contributed by atoms with Crippen LogP contribution in [-0.2, 0) is 31.0 Å². The number of likely N-dealkylation sites (N-methyl/N-ethyl adjacent to an activating group) is 1. The molecule has 0 spiro atoms. The topological polar surface area (TPSA) is 345 Å². The highest BCUT2D eigenvalue weighted by Gasteiger charge is 2.24. The molecule has 0 bridgehead atoms. The molecule has 0 aliphatic rings. The number of nitrogens with zero attached hydrogens (tertiary/aromatic N) is 10. The predicted molar refractivity (Wildman–Crippen MR) is 264 cm³/mol. The molecule has 5 amide bonds. The Kier molecular flexibility index (Phi) is 16.4. The second-order valence-corrected chi connectivity index (χ2v) is 16.1. The molecule has 0 saturated heterocycles. The number of benzene rings is 2. The molecular weight excluding hydrogens is 903 g/mol. The number of hydrogen-bond donors (Lipinski definition) is 7. The number of carbonyl (C=O) groups is 5. The van der Waals surface area contributed by atoms with Gasteiger partial charge in [0.1, 0.15) is 40.5 Å². The SMILES string of the molecule is CCn1nc(C)cc1C(=O)Nc1nc2cc(C(N)=O)cc(OC)c2n1C/C=C/Cn1c(NC(=O)c2cc(C)nn2CC)nc2cc(C(N)=O)cc(OC/C=C/CN(C)C(=O)C(N)CCCN=C(N)N)c21. The number of ether oxygens (including phenoxy) is 2. The Balaban J connectivity index is 1.33. The van der Waals surface area contributed by atoms with Gasteiger partial charge in [-0.05, 0) is 83.0 Å². The fourth-order valence-electron chi connectivity index (χ4n) is 7.64. The first kappa shape index (κ1) is 50.9. The number of primary amides is 2. The number of allylic oxidation sites excluding steroid dienone is 2. The zero-order chi connectivity index (χ0) is 50.8.